The van der Waals surface area contributed by atoms with Gasteiger partial charge in [-0.05, 0) is 77.9 Å². The van der Waals surface area contributed by atoms with Crippen LogP contribution in [0.15, 0.2) is 119 Å². The van der Waals surface area contributed by atoms with Gasteiger partial charge >= 0.3 is 0 Å². The van der Waals surface area contributed by atoms with Crippen LogP contribution < -0.4 is 0 Å². The summed E-state index contributed by atoms with van der Waals surface area (Å²) in [6.07, 6.45) is 32.3. The van der Waals surface area contributed by atoms with E-state index in [1.807, 2.05) is 0 Å². The molecule has 0 unspecified atom stereocenters. The molecular weight excluding hydrogens is 528 g/mol. The summed E-state index contributed by atoms with van der Waals surface area (Å²) in [4.78, 5) is 0. The molecule has 3 heteroatoms. The molecule has 0 spiro atoms. The van der Waals surface area contributed by atoms with Gasteiger partial charge in [0.2, 0.25) is 0 Å². The Balaban J connectivity index is 1.50. The predicted molar refractivity (Wildman–Crippen MR) is 184 cm³/mol. The van der Waals surface area contributed by atoms with Crippen LogP contribution in [0.1, 0.15) is 94.9 Å². The van der Waals surface area contributed by atoms with Crippen molar-refractivity contribution in [3.05, 3.63) is 119 Å². The van der Waals surface area contributed by atoms with Crippen molar-refractivity contribution in [3.8, 4) is 0 Å². The lowest BCUT2D eigenvalue weighted by atomic mass is 9.63. The maximum atomic E-state index is 10.2. The van der Waals surface area contributed by atoms with Crippen molar-refractivity contribution in [2.75, 3.05) is 0 Å². The Morgan fingerprint density at radius 2 is 1.19 bits per heavy atom. The number of epoxide rings is 1. The lowest BCUT2D eigenvalue weighted by Crippen LogP contribution is -2.46. The van der Waals surface area contributed by atoms with E-state index in [1.54, 1.807) is 0 Å². The van der Waals surface area contributed by atoms with Gasteiger partial charge in [0.25, 0.3) is 0 Å². The minimum Gasteiger partial charge on any atom is -0.393 e. The van der Waals surface area contributed by atoms with Crippen molar-refractivity contribution in [1.82, 2.24) is 0 Å². The summed E-state index contributed by atoms with van der Waals surface area (Å²) in [5.41, 5.74) is 6.71. The molecule has 0 aromatic rings. The van der Waals surface area contributed by atoms with Crippen LogP contribution in [-0.2, 0) is 4.74 Å². The zero-order valence-electron chi connectivity index (χ0n) is 28.4. The molecular formula is C40H56O3. The zero-order valence-corrected chi connectivity index (χ0v) is 28.4. The average Bonchev–Trinajstić information content (AvgIpc) is 3.49. The van der Waals surface area contributed by atoms with Crippen LogP contribution in [0.4, 0.5) is 0 Å². The van der Waals surface area contributed by atoms with E-state index < -0.39 is 0 Å². The number of hydrogen-bond acceptors (Lipinski definition) is 3. The number of fused-ring (bicyclic) bond motifs is 1. The molecule has 3 aliphatic rings. The molecule has 1 saturated carbocycles. The summed E-state index contributed by atoms with van der Waals surface area (Å²) in [7, 11) is 0. The van der Waals surface area contributed by atoms with Gasteiger partial charge in [-0.25, -0.2) is 0 Å². The van der Waals surface area contributed by atoms with Gasteiger partial charge in [-0.3, -0.25) is 0 Å². The van der Waals surface area contributed by atoms with Crippen molar-refractivity contribution < 1.29 is 14.9 Å². The fourth-order valence-corrected chi connectivity index (χ4v) is 7.06. The van der Waals surface area contributed by atoms with E-state index in [2.05, 4.69) is 154 Å². The Labute approximate surface area is 262 Å². The highest BCUT2D eigenvalue weighted by Gasteiger charge is 2.74. The van der Waals surface area contributed by atoms with Crippen LogP contribution in [0.25, 0.3) is 0 Å². The number of allylic oxidation sites excluding steroid dienone is 18. The minimum absolute atomic E-state index is 0.00262. The van der Waals surface area contributed by atoms with E-state index in [1.165, 1.54) is 33.4 Å². The Morgan fingerprint density at radius 3 is 1.72 bits per heavy atom. The van der Waals surface area contributed by atoms with E-state index >= 15 is 0 Å². The number of rotatable bonds is 10. The number of aliphatic hydroxyl groups excluding tert-OH is 2. The Hall–Kier alpha value is -2.72. The zero-order chi connectivity index (χ0) is 32.1. The highest BCUT2D eigenvalue weighted by atomic mass is 16.6. The first-order chi connectivity index (χ1) is 20.0. The van der Waals surface area contributed by atoms with Gasteiger partial charge in [-0.1, -0.05) is 135 Å². The highest BCUT2D eigenvalue weighted by molar-refractivity contribution is 5.39. The third-order valence-electron chi connectivity index (χ3n) is 9.34. The van der Waals surface area contributed by atoms with Crippen molar-refractivity contribution >= 4 is 0 Å². The average molecular weight is 585 g/mol. The SMILES string of the molecule is CC1=C(/C=C/C(C)=C/C=C/C(C)=C\C=C\C=C(C)\C=C\C=C(C)\C=C\[C@]23O[C@@]2(C)C[C@H](O)CC3(C)C)C(C)(C)C[C@@H](O)C1. The molecule has 0 aromatic carbocycles. The number of hydrogen-bond donors (Lipinski definition) is 2. The first-order valence-electron chi connectivity index (χ1n) is 15.9. The fraction of sp³-hybridized carbons (Fsp3) is 0.500. The summed E-state index contributed by atoms with van der Waals surface area (Å²) in [6, 6.07) is 0. The van der Waals surface area contributed by atoms with E-state index in [0.717, 1.165) is 19.3 Å². The van der Waals surface area contributed by atoms with E-state index in [4.69, 9.17) is 4.74 Å². The smallest absolute Gasteiger partial charge is 0.121 e. The van der Waals surface area contributed by atoms with Gasteiger partial charge in [-0.2, -0.15) is 0 Å². The molecule has 0 aromatic heterocycles. The van der Waals surface area contributed by atoms with Gasteiger partial charge in [0.1, 0.15) is 11.2 Å². The largest absolute Gasteiger partial charge is 0.393 e. The fourth-order valence-electron chi connectivity index (χ4n) is 7.06. The molecule has 3 nitrogen and oxygen atoms in total. The molecule has 0 amide bonds. The van der Waals surface area contributed by atoms with Crippen LogP contribution in [0.2, 0.25) is 0 Å². The highest BCUT2D eigenvalue weighted by Crippen LogP contribution is 2.66. The second-order valence-corrected chi connectivity index (χ2v) is 14.6. The molecule has 234 valence electrons. The van der Waals surface area contributed by atoms with Crippen molar-refractivity contribution in [2.45, 2.75) is 118 Å². The standard InChI is InChI=1S/C40H56O3/c1-29(17-13-19-31(3)21-22-36-33(5)25-34(41)26-37(36,6)7)15-11-12-16-30(2)18-14-20-32(4)23-24-40-38(8,9)27-35(42)28-39(40,10)43-40/h11-24,34-35,41-42H,25-28H2,1-10H3/b12-11+,17-13+,18-14+,22-21+,24-23+,29-15-,30-16+,31-19+,32-20+/t34-,35+,39-,40+/m0/s1. The normalized spacial score (nSPS) is 32.3. The van der Waals surface area contributed by atoms with Crippen LogP contribution in [0.5, 0.6) is 0 Å². The third-order valence-corrected chi connectivity index (χ3v) is 9.34. The quantitative estimate of drug-likeness (QED) is 0.198. The first-order valence-corrected chi connectivity index (χ1v) is 15.9. The summed E-state index contributed by atoms with van der Waals surface area (Å²) >= 11 is 0. The van der Waals surface area contributed by atoms with Crippen LogP contribution in [-0.4, -0.2) is 33.6 Å². The molecule has 2 aliphatic carbocycles. The van der Waals surface area contributed by atoms with E-state index in [9.17, 15) is 10.2 Å². The Morgan fingerprint density at radius 1 is 0.674 bits per heavy atom. The molecule has 1 aliphatic heterocycles. The van der Waals surface area contributed by atoms with Gasteiger partial charge < -0.3 is 14.9 Å². The Bertz CT molecular complexity index is 1330. The van der Waals surface area contributed by atoms with Gasteiger partial charge in [0.15, 0.2) is 0 Å². The predicted octanol–water partition coefficient (Wildman–Crippen LogP) is 9.76. The number of aliphatic hydroxyl groups is 2. The van der Waals surface area contributed by atoms with Gasteiger partial charge in [0.05, 0.1) is 12.2 Å². The summed E-state index contributed by atoms with van der Waals surface area (Å²) in [5, 5.41) is 20.4. The van der Waals surface area contributed by atoms with Gasteiger partial charge in [0, 0.05) is 11.8 Å². The summed E-state index contributed by atoms with van der Waals surface area (Å²) < 4.78 is 6.25. The van der Waals surface area contributed by atoms with Crippen molar-refractivity contribution in [3.63, 3.8) is 0 Å². The lowest BCUT2D eigenvalue weighted by molar-refractivity contribution is 0.0515. The summed E-state index contributed by atoms with van der Waals surface area (Å²) in [5.74, 6) is 0. The molecule has 43 heavy (non-hydrogen) atoms. The maximum Gasteiger partial charge on any atom is 0.121 e. The minimum atomic E-state index is -0.291. The second-order valence-electron chi connectivity index (χ2n) is 14.6. The van der Waals surface area contributed by atoms with Crippen LogP contribution in [0, 0.1) is 10.8 Å². The van der Waals surface area contributed by atoms with Crippen molar-refractivity contribution in [2.24, 2.45) is 10.8 Å². The van der Waals surface area contributed by atoms with Crippen molar-refractivity contribution in [1.29, 1.82) is 0 Å². The third kappa shape index (κ3) is 8.91. The monoisotopic (exact) mass is 584 g/mol. The molecule has 0 radical (unpaired) electrons. The van der Waals surface area contributed by atoms with E-state index in [0.29, 0.717) is 6.42 Å². The lowest BCUT2D eigenvalue weighted by Gasteiger charge is -2.39. The molecule has 2 fully saturated rings. The first kappa shape index (κ1) is 34.8. The van der Waals surface area contributed by atoms with Crippen LogP contribution in [0.3, 0.4) is 0 Å². The summed E-state index contributed by atoms with van der Waals surface area (Å²) in [6.45, 7) is 21.5. The van der Waals surface area contributed by atoms with Crippen LogP contribution >= 0.6 is 0 Å². The molecule has 0 bridgehead atoms. The molecule has 2 N–H and O–H groups in total. The second kappa shape index (κ2) is 13.9. The molecule has 4 atom stereocenters. The molecule has 1 heterocycles. The van der Waals surface area contributed by atoms with E-state index in [-0.39, 0.29) is 34.2 Å². The molecule has 1 saturated heterocycles. The van der Waals surface area contributed by atoms with Gasteiger partial charge in [-0.15, -0.1) is 0 Å². The topological polar surface area (TPSA) is 53.0 Å². The number of ether oxygens (including phenoxy) is 1. The Kier molecular flexibility index (Phi) is 11.3. The molecule has 3 rings (SSSR count). The maximum absolute atomic E-state index is 10.2.